The Balaban J connectivity index is 1.52. The minimum atomic E-state index is 0.338. The van der Waals surface area contributed by atoms with Gasteiger partial charge in [0.25, 0.3) is 0 Å². The van der Waals surface area contributed by atoms with Gasteiger partial charge in [-0.05, 0) is 26.2 Å². The molecule has 0 amide bonds. The second kappa shape index (κ2) is 8.24. The predicted molar refractivity (Wildman–Crippen MR) is 89.6 cm³/mol. The summed E-state index contributed by atoms with van der Waals surface area (Å²) in [6.07, 6.45) is 5.92. The zero-order valence-electron chi connectivity index (χ0n) is 14.5. The molecular weight excluding hydrogens is 292 g/mol. The summed E-state index contributed by atoms with van der Waals surface area (Å²) < 4.78 is 13.0. The monoisotopic (exact) mass is 322 g/mol. The number of nitrogens with zero attached hydrogens (tertiary/aromatic N) is 3. The van der Waals surface area contributed by atoms with Crippen molar-refractivity contribution in [3.05, 3.63) is 17.5 Å². The number of ether oxygens (including phenoxy) is 2. The number of rotatable bonds is 8. The van der Waals surface area contributed by atoms with Crippen LogP contribution in [0.2, 0.25) is 0 Å². The highest BCUT2D eigenvalue weighted by atomic mass is 16.5. The molecule has 0 bridgehead atoms. The van der Waals surface area contributed by atoms with E-state index in [9.17, 15) is 0 Å². The van der Waals surface area contributed by atoms with Crippen LogP contribution in [0.15, 0.2) is 6.20 Å². The van der Waals surface area contributed by atoms with E-state index < -0.39 is 0 Å². The molecule has 0 spiro atoms. The van der Waals surface area contributed by atoms with Crippen LogP contribution in [0.5, 0.6) is 0 Å². The van der Waals surface area contributed by atoms with Gasteiger partial charge in [0.1, 0.15) is 0 Å². The van der Waals surface area contributed by atoms with Gasteiger partial charge < -0.3 is 14.8 Å². The van der Waals surface area contributed by atoms with Gasteiger partial charge in [0, 0.05) is 50.6 Å². The molecule has 6 heteroatoms. The Kier molecular flexibility index (Phi) is 6.05. The van der Waals surface area contributed by atoms with Crippen molar-refractivity contribution in [3.63, 3.8) is 0 Å². The van der Waals surface area contributed by atoms with E-state index in [0.717, 1.165) is 46.0 Å². The van der Waals surface area contributed by atoms with Crippen LogP contribution in [0.25, 0.3) is 0 Å². The van der Waals surface area contributed by atoms with Gasteiger partial charge >= 0.3 is 0 Å². The first kappa shape index (κ1) is 16.9. The van der Waals surface area contributed by atoms with Crippen molar-refractivity contribution >= 4 is 0 Å². The van der Waals surface area contributed by atoms with Gasteiger partial charge in [-0.25, -0.2) is 0 Å². The van der Waals surface area contributed by atoms with E-state index in [0.29, 0.717) is 12.1 Å². The Morgan fingerprint density at radius 3 is 2.83 bits per heavy atom. The highest BCUT2D eigenvalue weighted by molar-refractivity contribution is 5.17. The summed E-state index contributed by atoms with van der Waals surface area (Å²) in [7, 11) is 1.77. The second-order valence-corrected chi connectivity index (χ2v) is 6.73. The van der Waals surface area contributed by atoms with Crippen molar-refractivity contribution in [1.29, 1.82) is 0 Å². The summed E-state index contributed by atoms with van der Waals surface area (Å²) in [6.45, 7) is 8.49. The molecule has 1 N–H and O–H groups in total. The molecule has 1 aliphatic carbocycles. The number of methoxy groups -OCH3 is 1. The molecule has 1 aliphatic heterocycles. The zero-order valence-corrected chi connectivity index (χ0v) is 14.5. The smallest absolute Gasteiger partial charge is 0.0628 e. The van der Waals surface area contributed by atoms with E-state index in [1.54, 1.807) is 7.11 Å². The van der Waals surface area contributed by atoms with E-state index in [-0.39, 0.29) is 0 Å². The molecule has 1 atom stereocenters. The van der Waals surface area contributed by atoms with Crippen molar-refractivity contribution < 1.29 is 9.47 Å². The number of nitrogens with one attached hydrogen (secondary N) is 1. The summed E-state index contributed by atoms with van der Waals surface area (Å²) in [5.41, 5.74) is 2.62. The molecule has 130 valence electrons. The van der Waals surface area contributed by atoms with Gasteiger partial charge in [0.15, 0.2) is 0 Å². The lowest BCUT2D eigenvalue weighted by Gasteiger charge is -2.30. The third-order valence-electron chi connectivity index (χ3n) is 5.10. The molecule has 3 rings (SSSR count). The molecule has 1 saturated carbocycles. The zero-order chi connectivity index (χ0) is 16.1. The van der Waals surface area contributed by atoms with Gasteiger partial charge in [-0.2, -0.15) is 5.10 Å². The van der Waals surface area contributed by atoms with Crippen LogP contribution in [0, 0.1) is 6.92 Å². The SMILES string of the molecule is COCC(CN1CCOCC1)NCc1cnn(C2CCC2)c1C. The minimum absolute atomic E-state index is 0.338. The maximum atomic E-state index is 5.42. The Morgan fingerprint density at radius 2 is 2.17 bits per heavy atom. The largest absolute Gasteiger partial charge is 0.383 e. The van der Waals surface area contributed by atoms with Gasteiger partial charge in [-0.15, -0.1) is 0 Å². The topological polar surface area (TPSA) is 51.6 Å². The number of hydrogen-bond acceptors (Lipinski definition) is 5. The summed E-state index contributed by atoms with van der Waals surface area (Å²) in [5.74, 6) is 0. The fraction of sp³-hybridized carbons (Fsp3) is 0.824. The molecule has 23 heavy (non-hydrogen) atoms. The first-order valence-corrected chi connectivity index (χ1v) is 8.83. The normalized spacial score (nSPS) is 21.3. The van der Waals surface area contributed by atoms with Gasteiger partial charge in [-0.3, -0.25) is 9.58 Å². The average Bonchev–Trinajstić information content (AvgIpc) is 2.86. The van der Waals surface area contributed by atoms with Crippen molar-refractivity contribution in [3.8, 4) is 0 Å². The molecule has 6 nitrogen and oxygen atoms in total. The van der Waals surface area contributed by atoms with Crippen molar-refractivity contribution in [2.24, 2.45) is 0 Å². The number of hydrogen-bond donors (Lipinski definition) is 1. The Labute approximate surface area is 139 Å². The first-order valence-electron chi connectivity index (χ1n) is 8.83. The summed E-state index contributed by atoms with van der Waals surface area (Å²) in [5, 5.41) is 8.25. The highest BCUT2D eigenvalue weighted by Gasteiger charge is 2.23. The van der Waals surface area contributed by atoms with E-state index >= 15 is 0 Å². The molecule has 1 saturated heterocycles. The van der Waals surface area contributed by atoms with Crippen LogP contribution in [-0.2, 0) is 16.0 Å². The lowest BCUT2D eigenvalue weighted by molar-refractivity contribution is 0.0275. The van der Waals surface area contributed by atoms with Crippen molar-refractivity contribution in [2.45, 2.75) is 44.8 Å². The van der Waals surface area contributed by atoms with Crippen LogP contribution in [-0.4, -0.2) is 67.3 Å². The fourth-order valence-corrected chi connectivity index (χ4v) is 3.36. The molecule has 1 unspecified atom stereocenters. The average molecular weight is 322 g/mol. The molecule has 2 fully saturated rings. The molecule has 2 aliphatic rings. The molecule has 0 radical (unpaired) electrons. The van der Waals surface area contributed by atoms with Crippen LogP contribution >= 0.6 is 0 Å². The van der Waals surface area contributed by atoms with E-state index in [4.69, 9.17) is 9.47 Å². The molecular formula is C17H30N4O2. The van der Waals surface area contributed by atoms with E-state index in [2.05, 4.69) is 26.9 Å². The number of morpholine rings is 1. The van der Waals surface area contributed by atoms with Crippen LogP contribution in [0.1, 0.15) is 36.6 Å². The fourth-order valence-electron chi connectivity index (χ4n) is 3.36. The van der Waals surface area contributed by atoms with Gasteiger partial charge in [0.05, 0.1) is 32.1 Å². The van der Waals surface area contributed by atoms with Crippen LogP contribution in [0.3, 0.4) is 0 Å². The van der Waals surface area contributed by atoms with Crippen LogP contribution < -0.4 is 5.32 Å². The van der Waals surface area contributed by atoms with Crippen molar-refractivity contribution in [1.82, 2.24) is 20.0 Å². The van der Waals surface area contributed by atoms with Gasteiger partial charge in [-0.1, -0.05) is 0 Å². The lowest BCUT2D eigenvalue weighted by Crippen LogP contribution is -2.47. The first-order chi connectivity index (χ1) is 11.3. The summed E-state index contributed by atoms with van der Waals surface area (Å²) in [6, 6.07) is 0.969. The summed E-state index contributed by atoms with van der Waals surface area (Å²) >= 11 is 0. The maximum absolute atomic E-state index is 5.42. The predicted octanol–water partition coefficient (Wildman–Crippen LogP) is 1.35. The summed E-state index contributed by atoms with van der Waals surface area (Å²) in [4.78, 5) is 2.45. The van der Waals surface area contributed by atoms with E-state index in [1.165, 1.54) is 30.5 Å². The number of aromatic nitrogens is 2. The van der Waals surface area contributed by atoms with Crippen LogP contribution in [0.4, 0.5) is 0 Å². The molecule has 1 aromatic rings. The van der Waals surface area contributed by atoms with Crippen molar-refractivity contribution in [2.75, 3.05) is 46.6 Å². The quantitative estimate of drug-likeness (QED) is 0.783. The maximum Gasteiger partial charge on any atom is 0.0628 e. The standard InChI is InChI=1S/C17H30N4O2/c1-14-15(11-19-21(14)17-4-3-5-17)10-18-16(13-22-2)12-20-6-8-23-9-7-20/h11,16-18H,3-10,12-13H2,1-2H3. The molecule has 2 heterocycles. The molecule has 1 aromatic heterocycles. The Bertz CT molecular complexity index is 481. The Morgan fingerprint density at radius 1 is 1.39 bits per heavy atom. The van der Waals surface area contributed by atoms with Gasteiger partial charge in [0.2, 0.25) is 0 Å². The van der Waals surface area contributed by atoms with E-state index in [1.807, 2.05) is 6.20 Å². The Hall–Kier alpha value is -0.950. The molecule has 0 aromatic carbocycles. The lowest BCUT2D eigenvalue weighted by atomic mass is 9.93. The minimum Gasteiger partial charge on any atom is -0.383 e. The highest BCUT2D eigenvalue weighted by Crippen LogP contribution is 2.32. The third kappa shape index (κ3) is 4.32. The third-order valence-corrected chi connectivity index (χ3v) is 5.10. The second-order valence-electron chi connectivity index (χ2n) is 6.73.